The molecule has 0 N–H and O–H groups in total. The molecule has 1 saturated heterocycles. The van der Waals surface area contributed by atoms with E-state index in [1.54, 1.807) is 19.2 Å². The van der Waals surface area contributed by atoms with Crippen molar-refractivity contribution in [2.75, 3.05) is 20.3 Å². The summed E-state index contributed by atoms with van der Waals surface area (Å²) in [5, 5.41) is -0.276. The third kappa shape index (κ3) is 4.22. The molecular weight excluding hydrogens is 374 g/mol. The quantitative estimate of drug-likeness (QED) is 0.659. The van der Waals surface area contributed by atoms with Crippen molar-refractivity contribution in [1.29, 1.82) is 0 Å². The van der Waals surface area contributed by atoms with Gasteiger partial charge < -0.3 is 9.47 Å². The number of nitrogens with zero attached hydrogens (tertiary/aromatic N) is 1. The molecule has 1 heterocycles. The van der Waals surface area contributed by atoms with Gasteiger partial charge in [-0.15, -0.1) is 0 Å². The zero-order chi connectivity index (χ0) is 20.3. The van der Waals surface area contributed by atoms with Crippen LogP contribution in [0.2, 0.25) is 0 Å². The standard InChI is InChI=1S/C22H23NO4S/c1-14-11-15(2)17(16(3)12-14)13-20-21(24)23(22(25)28-20)9-10-27-19-8-6-5-7-18(19)26-4/h5-8,11-13H,9-10H2,1-4H3/b20-13-. The van der Waals surface area contributed by atoms with Gasteiger partial charge in [0, 0.05) is 0 Å². The number of carbonyl (C=O) groups excluding carboxylic acids is 2. The second-order valence-electron chi connectivity index (χ2n) is 6.65. The van der Waals surface area contributed by atoms with Crippen LogP contribution in [0.25, 0.3) is 6.08 Å². The molecule has 0 atom stereocenters. The number of aryl methyl sites for hydroxylation is 3. The van der Waals surface area contributed by atoms with E-state index in [0.29, 0.717) is 16.4 Å². The number of hydrogen-bond acceptors (Lipinski definition) is 5. The molecule has 0 spiro atoms. The van der Waals surface area contributed by atoms with E-state index in [1.807, 2.05) is 39.0 Å². The fourth-order valence-electron chi connectivity index (χ4n) is 3.23. The van der Waals surface area contributed by atoms with E-state index >= 15 is 0 Å². The number of benzene rings is 2. The van der Waals surface area contributed by atoms with Crippen molar-refractivity contribution in [2.45, 2.75) is 20.8 Å². The monoisotopic (exact) mass is 397 g/mol. The summed E-state index contributed by atoms with van der Waals surface area (Å²) in [5.41, 5.74) is 4.34. The fraction of sp³-hybridized carbons (Fsp3) is 0.273. The highest BCUT2D eigenvalue weighted by atomic mass is 32.2. The molecule has 1 fully saturated rings. The lowest BCUT2D eigenvalue weighted by Gasteiger charge is -2.14. The number of imide groups is 1. The number of methoxy groups -OCH3 is 1. The van der Waals surface area contributed by atoms with Crippen LogP contribution in [0.4, 0.5) is 4.79 Å². The number of ether oxygens (including phenoxy) is 2. The van der Waals surface area contributed by atoms with Crippen LogP contribution in [0.5, 0.6) is 11.5 Å². The van der Waals surface area contributed by atoms with Gasteiger partial charge in [0.15, 0.2) is 11.5 Å². The lowest BCUT2D eigenvalue weighted by atomic mass is 9.99. The first kappa shape index (κ1) is 20.0. The largest absolute Gasteiger partial charge is 0.493 e. The molecule has 2 amide bonds. The molecule has 3 rings (SSSR count). The van der Waals surface area contributed by atoms with Crippen molar-refractivity contribution >= 4 is 29.0 Å². The van der Waals surface area contributed by atoms with Crippen LogP contribution in [0.1, 0.15) is 22.3 Å². The average molecular weight is 397 g/mol. The Kier molecular flexibility index (Phi) is 6.09. The summed E-state index contributed by atoms with van der Waals surface area (Å²) in [7, 11) is 1.57. The van der Waals surface area contributed by atoms with Crippen molar-refractivity contribution in [3.8, 4) is 11.5 Å². The molecule has 0 unspecified atom stereocenters. The third-order valence-electron chi connectivity index (χ3n) is 4.53. The Bertz CT molecular complexity index is 928. The van der Waals surface area contributed by atoms with E-state index in [1.165, 1.54) is 10.5 Å². The Morgan fingerprint density at radius 3 is 2.32 bits per heavy atom. The molecule has 1 aliphatic heterocycles. The van der Waals surface area contributed by atoms with Crippen molar-refractivity contribution in [1.82, 2.24) is 4.90 Å². The summed E-state index contributed by atoms with van der Waals surface area (Å²) in [6, 6.07) is 11.4. The number of para-hydroxylation sites is 2. The predicted molar refractivity (Wildman–Crippen MR) is 112 cm³/mol. The van der Waals surface area contributed by atoms with Gasteiger partial charge in [0.25, 0.3) is 11.1 Å². The molecule has 0 aliphatic carbocycles. The highest BCUT2D eigenvalue weighted by molar-refractivity contribution is 8.18. The number of carbonyl (C=O) groups is 2. The summed E-state index contributed by atoms with van der Waals surface area (Å²) >= 11 is 0.970. The Balaban J connectivity index is 1.70. The SMILES string of the molecule is COc1ccccc1OCCN1C(=O)S/C(=C\c2c(C)cc(C)cc2C)C1=O. The van der Waals surface area contributed by atoms with E-state index in [0.717, 1.165) is 28.5 Å². The average Bonchev–Trinajstić information content (AvgIpc) is 2.92. The minimum atomic E-state index is -0.280. The molecule has 2 aromatic rings. The van der Waals surface area contributed by atoms with E-state index < -0.39 is 0 Å². The molecule has 146 valence electrons. The fourth-order valence-corrected chi connectivity index (χ4v) is 4.07. The topological polar surface area (TPSA) is 55.8 Å². The van der Waals surface area contributed by atoms with Gasteiger partial charge in [-0.25, -0.2) is 0 Å². The molecule has 0 aromatic heterocycles. The van der Waals surface area contributed by atoms with Crippen LogP contribution >= 0.6 is 11.8 Å². The second-order valence-corrected chi connectivity index (χ2v) is 7.64. The van der Waals surface area contributed by atoms with Crippen LogP contribution in [0, 0.1) is 20.8 Å². The second kappa shape index (κ2) is 8.52. The minimum Gasteiger partial charge on any atom is -0.493 e. The van der Waals surface area contributed by atoms with Crippen LogP contribution in [0.3, 0.4) is 0 Å². The highest BCUT2D eigenvalue weighted by Gasteiger charge is 2.35. The Morgan fingerprint density at radius 2 is 1.68 bits per heavy atom. The van der Waals surface area contributed by atoms with E-state index in [9.17, 15) is 9.59 Å². The van der Waals surface area contributed by atoms with Gasteiger partial charge in [0.05, 0.1) is 18.6 Å². The van der Waals surface area contributed by atoms with E-state index in [4.69, 9.17) is 9.47 Å². The molecule has 0 saturated carbocycles. The molecule has 6 heteroatoms. The van der Waals surface area contributed by atoms with Crippen molar-refractivity contribution < 1.29 is 19.1 Å². The lowest BCUT2D eigenvalue weighted by Crippen LogP contribution is -2.32. The summed E-state index contributed by atoms with van der Waals surface area (Å²) < 4.78 is 10.9. The van der Waals surface area contributed by atoms with Gasteiger partial charge in [-0.2, -0.15) is 0 Å². The first-order chi connectivity index (χ1) is 13.4. The lowest BCUT2D eigenvalue weighted by molar-refractivity contribution is -0.123. The van der Waals surface area contributed by atoms with Crippen molar-refractivity contribution in [3.63, 3.8) is 0 Å². The first-order valence-electron chi connectivity index (χ1n) is 8.99. The molecule has 28 heavy (non-hydrogen) atoms. The summed E-state index contributed by atoms with van der Waals surface area (Å²) in [4.78, 5) is 26.7. The molecule has 0 radical (unpaired) electrons. The maximum atomic E-state index is 12.7. The Labute approximate surface area is 169 Å². The smallest absolute Gasteiger partial charge is 0.293 e. The van der Waals surface area contributed by atoms with Gasteiger partial charge in [-0.05, 0) is 67.4 Å². The molecular formula is C22H23NO4S. The van der Waals surface area contributed by atoms with Gasteiger partial charge in [0.1, 0.15) is 6.61 Å². The number of thioether (sulfide) groups is 1. The normalized spacial score (nSPS) is 15.4. The maximum absolute atomic E-state index is 12.7. The number of rotatable bonds is 6. The number of hydrogen-bond donors (Lipinski definition) is 0. The van der Waals surface area contributed by atoms with Gasteiger partial charge in [-0.3, -0.25) is 14.5 Å². The summed E-state index contributed by atoms with van der Waals surface area (Å²) in [6.07, 6.45) is 1.82. The highest BCUT2D eigenvalue weighted by Crippen LogP contribution is 2.33. The van der Waals surface area contributed by atoms with Crippen molar-refractivity contribution in [2.24, 2.45) is 0 Å². The molecule has 2 aromatic carbocycles. The van der Waals surface area contributed by atoms with E-state index in [2.05, 4.69) is 12.1 Å². The van der Waals surface area contributed by atoms with Crippen LogP contribution in [0.15, 0.2) is 41.3 Å². The molecule has 5 nitrogen and oxygen atoms in total. The maximum Gasteiger partial charge on any atom is 0.293 e. The van der Waals surface area contributed by atoms with Crippen LogP contribution < -0.4 is 9.47 Å². The zero-order valence-electron chi connectivity index (χ0n) is 16.4. The number of amides is 2. The molecule has 1 aliphatic rings. The Hall–Kier alpha value is -2.73. The first-order valence-corrected chi connectivity index (χ1v) is 9.81. The minimum absolute atomic E-state index is 0.186. The zero-order valence-corrected chi connectivity index (χ0v) is 17.3. The Morgan fingerprint density at radius 1 is 1.04 bits per heavy atom. The predicted octanol–water partition coefficient (Wildman–Crippen LogP) is 4.74. The van der Waals surface area contributed by atoms with Gasteiger partial charge >= 0.3 is 0 Å². The third-order valence-corrected chi connectivity index (χ3v) is 5.44. The van der Waals surface area contributed by atoms with Crippen LogP contribution in [-0.2, 0) is 4.79 Å². The summed E-state index contributed by atoms with van der Waals surface area (Å²) in [6.45, 7) is 6.45. The van der Waals surface area contributed by atoms with Crippen LogP contribution in [-0.4, -0.2) is 36.3 Å². The van der Waals surface area contributed by atoms with Gasteiger partial charge in [-0.1, -0.05) is 29.8 Å². The van der Waals surface area contributed by atoms with E-state index in [-0.39, 0.29) is 24.3 Å². The molecule has 0 bridgehead atoms. The van der Waals surface area contributed by atoms with Gasteiger partial charge in [0.2, 0.25) is 0 Å². The van der Waals surface area contributed by atoms with Crippen molar-refractivity contribution in [3.05, 3.63) is 63.6 Å². The summed E-state index contributed by atoms with van der Waals surface area (Å²) in [5.74, 6) is 0.915.